The van der Waals surface area contributed by atoms with Crippen molar-refractivity contribution in [3.8, 4) is 0 Å². The number of thiazole rings is 1. The molecule has 1 aromatic heterocycles. The van der Waals surface area contributed by atoms with E-state index in [1.807, 2.05) is 0 Å². The van der Waals surface area contributed by atoms with E-state index in [0.717, 1.165) is 16.2 Å². The number of nitrogen functional groups attached to an aromatic ring is 1. The zero-order valence-electron chi connectivity index (χ0n) is 18.6. The lowest BCUT2D eigenvalue weighted by Crippen LogP contribution is -2.72. The molecule has 2 amide bonds. The molecule has 1 aromatic rings. The van der Waals surface area contributed by atoms with Crippen LogP contribution in [0.4, 0.5) is 5.13 Å². The number of carboxylic acid groups (broad SMARTS) is 1. The maximum atomic E-state index is 12.9. The summed E-state index contributed by atoms with van der Waals surface area (Å²) >= 11 is 2.41. The molecule has 2 atom stereocenters. The number of carbonyl (C=O) groups excluding carboxylic acids is 3. The molecule has 0 aromatic carbocycles. The van der Waals surface area contributed by atoms with E-state index in [4.69, 9.17) is 10.6 Å². The Morgan fingerprint density at radius 3 is 2.62 bits per heavy atom. The van der Waals surface area contributed by atoms with Crippen LogP contribution in [0.2, 0.25) is 0 Å². The van der Waals surface area contributed by atoms with E-state index in [0.29, 0.717) is 18.7 Å². The van der Waals surface area contributed by atoms with Crippen LogP contribution in [0.25, 0.3) is 0 Å². The predicted molar refractivity (Wildman–Crippen MR) is 122 cm³/mol. The second-order valence-corrected chi connectivity index (χ2v) is 9.96. The smallest absolute Gasteiger partial charge is 0.276 e. The topological polar surface area (TPSA) is 190 Å². The summed E-state index contributed by atoms with van der Waals surface area (Å²) < 4.78 is 0.195. The molecule has 3 rings (SSSR count). The Labute approximate surface area is 203 Å². The maximum absolute atomic E-state index is 12.9. The predicted octanol–water partition coefficient (Wildman–Crippen LogP) is -3.09. The minimum Gasteiger partial charge on any atom is -0.543 e. The van der Waals surface area contributed by atoms with Gasteiger partial charge in [-0.2, -0.15) is 0 Å². The summed E-state index contributed by atoms with van der Waals surface area (Å²) in [5.41, 5.74) is 5.86. The zero-order chi connectivity index (χ0) is 25.0. The quantitative estimate of drug-likeness (QED) is 0.102. The molecule has 2 aliphatic rings. The van der Waals surface area contributed by atoms with Crippen molar-refractivity contribution in [2.24, 2.45) is 5.16 Å². The SMILES string of the molecule is CO/N=C(\C(=O)N[C@@H]1C(=O)N2C(C(=O)[O-])=C(C[N+](C)(CCO)CCO)CS[C@H]12)c1csc(N)n1. The van der Waals surface area contributed by atoms with Gasteiger partial charge in [-0.1, -0.05) is 5.16 Å². The van der Waals surface area contributed by atoms with Crippen LogP contribution in [0.3, 0.4) is 0 Å². The average molecular weight is 515 g/mol. The van der Waals surface area contributed by atoms with Crippen LogP contribution in [0.1, 0.15) is 5.69 Å². The minimum atomic E-state index is -1.50. The van der Waals surface area contributed by atoms with Gasteiger partial charge in [0.2, 0.25) is 0 Å². The Kier molecular flexibility index (Phi) is 8.14. The number of oxime groups is 1. The number of amides is 2. The van der Waals surface area contributed by atoms with E-state index in [9.17, 15) is 29.7 Å². The Balaban J connectivity index is 1.80. The molecule has 0 aliphatic carbocycles. The fourth-order valence-electron chi connectivity index (χ4n) is 3.91. The van der Waals surface area contributed by atoms with Crippen LogP contribution in [0.5, 0.6) is 0 Å². The van der Waals surface area contributed by atoms with Crippen molar-refractivity contribution in [1.29, 1.82) is 0 Å². The standard InChI is InChI=1S/C19H26N6O7S2/c1-25(3-5-26,4-6-27)7-10-8-33-17-13(16(29)24(17)14(10)18(30)31)22-15(28)12(23-32-2)11-9-34-19(20)21-11/h9,13,17,26-27H,3-8H2,1-2H3,(H3-,20,21,22,28,30,31)/b23-12-/t13-,17-/m1/s1. The molecule has 0 saturated carbocycles. The van der Waals surface area contributed by atoms with E-state index in [-0.39, 0.29) is 52.2 Å². The van der Waals surface area contributed by atoms with Crippen molar-refractivity contribution in [2.75, 3.05) is 58.5 Å². The number of aliphatic hydroxyl groups excluding tert-OH is 2. The number of likely N-dealkylation sites (N-methyl/N-ethyl adjacent to an activating group) is 1. The second kappa shape index (κ2) is 10.7. The third kappa shape index (κ3) is 5.17. The number of aromatic nitrogens is 1. The third-order valence-corrected chi connectivity index (χ3v) is 7.56. The molecule has 1 saturated heterocycles. The fraction of sp³-hybridized carbons (Fsp3) is 0.526. The zero-order valence-corrected chi connectivity index (χ0v) is 20.2. The highest BCUT2D eigenvalue weighted by atomic mass is 32.2. The summed E-state index contributed by atoms with van der Waals surface area (Å²) in [6.07, 6.45) is 0. The van der Waals surface area contributed by atoms with E-state index < -0.39 is 29.2 Å². The molecule has 0 unspecified atom stereocenters. The molecule has 13 nitrogen and oxygen atoms in total. The van der Waals surface area contributed by atoms with Gasteiger partial charge >= 0.3 is 0 Å². The number of quaternary nitrogens is 1. The van der Waals surface area contributed by atoms with Crippen LogP contribution in [0.15, 0.2) is 21.8 Å². The van der Waals surface area contributed by atoms with Crippen molar-refractivity contribution in [1.82, 2.24) is 15.2 Å². The van der Waals surface area contributed by atoms with E-state index in [1.54, 1.807) is 7.05 Å². The summed E-state index contributed by atoms with van der Waals surface area (Å²) in [5, 5.41) is 38.1. The van der Waals surface area contributed by atoms with Gasteiger partial charge in [0.25, 0.3) is 11.8 Å². The number of β-lactam (4-membered cyclic amide) rings is 1. The monoisotopic (exact) mass is 514 g/mol. The number of nitrogens with one attached hydrogen (secondary N) is 1. The normalized spacial score (nSPS) is 20.6. The molecule has 5 N–H and O–H groups in total. The molecule has 0 radical (unpaired) electrons. The molecular weight excluding hydrogens is 488 g/mol. The van der Waals surface area contributed by atoms with Crippen molar-refractivity contribution < 1.29 is 39.0 Å². The Hall–Kier alpha value is -2.72. The second-order valence-electron chi connectivity index (χ2n) is 7.97. The molecule has 1 fully saturated rings. The van der Waals surface area contributed by atoms with Gasteiger partial charge in [0, 0.05) is 16.7 Å². The van der Waals surface area contributed by atoms with E-state index in [1.165, 1.54) is 24.3 Å². The van der Waals surface area contributed by atoms with Crippen molar-refractivity contribution in [3.63, 3.8) is 0 Å². The molecule has 3 heterocycles. The van der Waals surface area contributed by atoms with Crippen LogP contribution in [-0.2, 0) is 19.2 Å². The van der Waals surface area contributed by atoms with Crippen LogP contribution in [-0.4, -0.2) is 112 Å². The largest absolute Gasteiger partial charge is 0.543 e. The lowest BCUT2D eigenvalue weighted by molar-refractivity contribution is -0.905. The molecule has 34 heavy (non-hydrogen) atoms. The number of nitrogens with zero attached hydrogens (tertiary/aromatic N) is 4. The highest BCUT2D eigenvalue weighted by molar-refractivity contribution is 8.00. The lowest BCUT2D eigenvalue weighted by atomic mass is 10.0. The van der Waals surface area contributed by atoms with E-state index >= 15 is 0 Å². The summed E-state index contributed by atoms with van der Waals surface area (Å²) in [5.74, 6) is -2.55. The van der Waals surface area contributed by atoms with Crippen LogP contribution < -0.4 is 16.2 Å². The number of carbonyl (C=O) groups is 3. The summed E-state index contributed by atoms with van der Waals surface area (Å²) in [6.45, 7) is 0.516. The van der Waals surface area contributed by atoms with Crippen molar-refractivity contribution in [3.05, 3.63) is 22.3 Å². The molecule has 0 spiro atoms. The van der Waals surface area contributed by atoms with Gasteiger partial charge in [-0.15, -0.1) is 23.1 Å². The highest BCUT2D eigenvalue weighted by Gasteiger charge is 2.53. The number of fused-ring (bicyclic) bond motifs is 1. The number of carboxylic acids is 1. The van der Waals surface area contributed by atoms with Gasteiger partial charge in [-0.3, -0.25) is 14.5 Å². The number of thioether (sulfide) groups is 1. The van der Waals surface area contributed by atoms with Gasteiger partial charge in [-0.05, 0) is 0 Å². The van der Waals surface area contributed by atoms with Gasteiger partial charge in [0.1, 0.15) is 43.9 Å². The number of aliphatic hydroxyl groups is 2. The summed E-state index contributed by atoms with van der Waals surface area (Å²) in [4.78, 5) is 47.6. The molecular formula is C19H26N6O7S2. The molecule has 186 valence electrons. The minimum absolute atomic E-state index is 0.146. The first-order chi connectivity index (χ1) is 16.2. The van der Waals surface area contributed by atoms with Gasteiger partial charge in [0.15, 0.2) is 10.8 Å². The fourth-order valence-corrected chi connectivity index (χ4v) is 5.79. The van der Waals surface area contributed by atoms with Crippen molar-refractivity contribution in [2.45, 2.75) is 11.4 Å². The lowest BCUT2D eigenvalue weighted by Gasteiger charge is -2.51. The number of aliphatic carboxylic acids is 1. The third-order valence-electron chi connectivity index (χ3n) is 5.54. The number of anilines is 1. The Morgan fingerprint density at radius 2 is 2.09 bits per heavy atom. The highest BCUT2D eigenvalue weighted by Crippen LogP contribution is 2.40. The maximum Gasteiger partial charge on any atom is 0.276 e. The first kappa shape index (κ1) is 25.9. The first-order valence-electron chi connectivity index (χ1n) is 10.2. The van der Waals surface area contributed by atoms with Crippen LogP contribution in [0, 0.1) is 0 Å². The number of hydrogen-bond donors (Lipinski definition) is 4. The van der Waals surface area contributed by atoms with Gasteiger partial charge < -0.3 is 40.5 Å². The molecule has 15 heteroatoms. The number of nitrogens with two attached hydrogens (primary N) is 1. The summed E-state index contributed by atoms with van der Waals surface area (Å²) in [6, 6.07) is -0.984. The molecule has 2 aliphatic heterocycles. The number of hydrogen-bond acceptors (Lipinski definition) is 12. The number of rotatable bonds is 11. The van der Waals surface area contributed by atoms with Gasteiger partial charge in [-0.25, -0.2) is 4.98 Å². The van der Waals surface area contributed by atoms with Gasteiger partial charge in [0.05, 0.1) is 31.9 Å². The average Bonchev–Trinajstić information content (AvgIpc) is 3.21. The summed E-state index contributed by atoms with van der Waals surface area (Å²) in [7, 11) is 3.04. The first-order valence-corrected chi connectivity index (χ1v) is 12.1. The Bertz CT molecular complexity index is 1020. The van der Waals surface area contributed by atoms with Crippen molar-refractivity contribution >= 4 is 51.7 Å². The Morgan fingerprint density at radius 1 is 1.41 bits per heavy atom. The van der Waals surface area contributed by atoms with Crippen LogP contribution >= 0.6 is 23.1 Å². The molecule has 0 bridgehead atoms. The van der Waals surface area contributed by atoms with E-state index in [2.05, 4.69) is 15.5 Å².